The summed E-state index contributed by atoms with van der Waals surface area (Å²) in [4.78, 5) is 12.9. The standard InChI is InChI=1S/C20H26N4O/c1-6-8-9-18-19(13(3)7-2)24(20(25)23(18)5)15-10-11-17(22)16(12-15)14(4)21/h6,8-13,21H,1,7,22H2,2-5H3/b9-8-,21-14?. The average molecular weight is 338 g/mol. The molecule has 0 amide bonds. The zero-order chi connectivity index (χ0) is 18.7. The van der Waals surface area contributed by atoms with E-state index in [4.69, 9.17) is 11.1 Å². The number of anilines is 1. The summed E-state index contributed by atoms with van der Waals surface area (Å²) in [5.41, 5.74) is 9.96. The van der Waals surface area contributed by atoms with Crippen molar-refractivity contribution in [1.29, 1.82) is 5.41 Å². The highest BCUT2D eigenvalue weighted by atomic mass is 16.1. The Kier molecular flexibility index (Phi) is 5.47. The highest BCUT2D eigenvalue weighted by molar-refractivity contribution is 6.01. The van der Waals surface area contributed by atoms with Crippen LogP contribution in [0.4, 0.5) is 5.69 Å². The molecule has 0 aliphatic rings. The van der Waals surface area contributed by atoms with Crippen LogP contribution in [-0.2, 0) is 7.05 Å². The minimum Gasteiger partial charge on any atom is -0.398 e. The SMILES string of the molecule is C=C/C=C\c1c(C(C)CC)n(-c2ccc(N)c(C(C)=N)c2)c(=O)n1C. The monoisotopic (exact) mass is 338 g/mol. The zero-order valence-corrected chi connectivity index (χ0v) is 15.3. The first-order valence-corrected chi connectivity index (χ1v) is 8.39. The third kappa shape index (κ3) is 3.36. The van der Waals surface area contributed by atoms with E-state index >= 15 is 0 Å². The molecule has 0 saturated carbocycles. The first kappa shape index (κ1) is 18.5. The van der Waals surface area contributed by atoms with Crippen molar-refractivity contribution < 1.29 is 0 Å². The van der Waals surface area contributed by atoms with E-state index in [2.05, 4.69) is 20.4 Å². The lowest BCUT2D eigenvalue weighted by Gasteiger charge is -2.15. The van der Waals surface area contributed by atoms with Crippen LogP contribution in [0.1, 0.15) is 50.1 Å². The molecule has 3 N–H and O–H groups in total. The number of benzene rings is 1. The molecule has 5 nitrogen and oxygen atoms in total. The topological polar surface area (TPSA) is 76.8 Å². The van der Waals surface area contributed by atoms with Gasteiger partial charge in [0.1, 0.15) is 0 Å². The van der Waals surface area contributed by atoms with Crippen LogP contribution in [0.3, 0.4) is 0 Å². The smallest absolute Gasteiger partial charge is 0.333 e. The fourth-order valence-corrected chi connectivity index (χ4v) is 2.92. The van der Waals surface area contributed by atoms with Gasteiger partial charge in [-0.25, -0.2) is 4.79 Å². The van der Waals surface area contributed by atoms with Crippen molar-refractivity contribution in [2.45, 2.75) is 33.1 Å². The number of nitrogens with two attached hydrogens (primary N) is 1. The van der Waals surface area contributed by atoms with Crippen molar-refractivity contribution in [2.24, 2.45) is 7.05 Å². The lowest BCUT2D eigenvalue weighted by Crippen LogP contribution is -2.22. The van der Waals surface area contributed by atoms with Crippen LogP contribution in [0.2, 0.25) is 0 Å². The van der Waals surface area contributed by atoms with E-state index in [-0.39, 0.29) is 11.6 Å². The first-order chi connectivity index (χ1) is 11.8. The molecule has 25 heavy (non-hydrogen) atoms. The van der Waals surface area contributed by atoms with Gasteiger partial charge in [0.15, 0.2) is 0 Å². The molecule has 1 atom stereocenters. The van der Waals surface area contributed by atoms with Crippen LogP contribution in [0, 0.1) is 5.41 Å². The normalized spacial score (nSPS) is 12.5. The second-order valence-corrected chi connectivity index (χ2v) is 6.25. The van der Waals surface area contributed by atoms with Crippen LogP contribution < -0.4 is 11.4 Å². The number of allylic oxidation sites excluding steroid dienone is 2. The Morgan fingerprint density at radius 3 is 2.68 bits per heavy atom. The highest BCUT2D eigenvalue weighted by Gasteiger charge is 2.21. The van der Waals surface area contributed by atoms with Gasteiger partial charge >= 0.3 is 5.69 Å². The summed E-state index contributed by atoms with van der Waals surface area (Å²) in [5.74, 6) is 0.195. The lowest BCUT2D eigenvalue weighted by atomic mass is 10.0. The van der Waals surface area contributed by atoms with Gasteiger partial charge in [-0.15, -0.1) is 0 Å². The van der Waals surface area contributed by atoms with Crippen LogP contribution >= 0.6 is 0 Å². The molecule has 132 valence electrons. The van der Waals surface area contributed by atoms with Gasteiger partial charge in [0.05, 0.1) is 17.1 Å². The van der Waals surface area contributed by atoms with Crippen LogP contribution in [0.15, 0.2) is 41.7 Å². The third-order valence-corrected chi connectivity index (χ3v) is 4.51. The molecule has 1 heterocycles. The third-order valence-electron chi connectivity index (χ3n) is 4.51. The average Bonchev–Trinajstić information content (AvgIpc) is 2.84. The van der Waals surface area contributed by atoms with Gasteiger partial charge in [0.25, 0.3) is 0 Å². The van der Waals surface area contributed by atoms with E-state index in [1.54, 1.807) is 35.2 Å². The summed E-state index contributed by atoms with van der Waals surface area (Å²) < 4.78 is 3.37. The molecular weight excluding hydrogens is 312 g/mol. The molecule has 0 saturated heterocycles. The molecule has 1 aromatic carbocycles. The molecule has 0 radical (unpaired) electrons. The fraction of sp³-hybridized carbons (Fsp3) is 0.300. The molecule has 0 aliphatic carbocycles. The van der Waals surface area contributed by atoms with Gasteiger partial charge in [0.2, 0.25) is 0 Å². The molecule has 0 aliphatic heterocycles. The predicted molar refractivity (Wildman–Crippen MR) is 106 cm³/mol. The number of hydrogen-bond donors (Lipinski definition) is 2. The minimum atomic E-state index is -0.114. The number of rotatable bonds is 6. The van der Waals surface area contributed by atoms with Gasteiger partial charge in [-0.1, -0.05) is 32.6 Å². The van der Waals surface area contributed by atoms with Crippen molar-refractivity contribution in [3.05, 3.63) is 64.4 Å². The van der Waals surface area contributed by atoms with Crippen molar-refractivity contribution >= 4 is 17.5 Å². The quantitative estimate of drug-likeness (QED) is 0.477. The molecular formula is C20H26N4O. The summed E-state index contributed by atoms with van der Waals surface area (Å²) >= 11 is 0. The molecule has 1 aromatic heterocycles. The highest BCUT2D eigenvalue weighted by Crippen LogP contribution is 2.27. The van der Waals surface area contributed by atoms with Gasteiger partial charge in [-0.2, -0.15) is 0 Å². The molecule has 0 fully saturated rings. The summed E-state index contributed by atoms with van der Waals surface area (Å²) in [6, 6.07) is 5.39. The van der Waals surface area contributed by atoms with Gasteiger partial charge in [-0.05, 0) is 43.5 Å². The van der Waals surface area contributed by atoms with Crippen LogP contribution in [-0.4, -0.2) is 14.8 Å². The zero-order valence-electron chi connectivity index (χ0n) is 15.3. The molecule has 2 rings (SSSR count). The summed E-state index contributed by atoms with van der Waals surface area (Å²) in [6.45, 7) is 9.61. The molecule has 0 bridgehead atoms. The Morgan fingerprint density at radius 2 is 2.12 bits per heavy atom. The van der Waals surface area contributed by atoms with E-state index in [9.17, 15) is 4.79 Å². The number of aromatic nitrogens is 2. The van der Waals surface area contributed by atoms with E-state index in [1.165, 1.54) is 0 Å². The van der Waals surface area contributed by atoms with Gasteiger partial charge in [0, 0.05) is 24.0 Å². The van der Waals surface area contributed by atoms with E-state index in [0.29, 0.717) is 17.0 Å². The number of nitrogens with zero attached hydrogens (tertiary/aromatic N) is 2. The Hall–Kier alpha value is -2.82. The summed E-state index contributed by atoms with van der Waals surface area (Å²) in [7, 11) is 1.77. The Bertz CT molecular complexity index is 899. The van der Waals surface area contributed by atoms with Crippen molar-refractivity contribution in [3.8, 4) is 5.69 Å². The Morgan fingerprint density at radius 1 is 1.44 bits per heavy atom. The fourth-order valence-electron chi connectivity index (χ4n) is 2.92. The first-order valence-electron chi connectivity index (χ1n) is 8.39. The predicted octanol–water partition coefficient (Wildman–Crippen LogP) is 3.86. The maximum Gasteiger partial charge on any atom is 0.333 e. The molecule has 5 heteroatoms. The number of nitrogen functional groups attached to an aromatic ring is 1. The van der Waals surface area contributed by atoms with Crippen molar-refractivity contribution in [2.75, 3.05) is 5.73 Å². The lowest BCUT2D eigenvalue weighted by molar-refractivity contribution is 0.683. The molecule has 1 unspecified atom stereocenters. The maximum absolute atomic E-state index is 12.9. The largest absolute Gasteiger partial charge is 0.398 e. The van der Waals surface area contributed by atoms with Crippen molar-refractivity contribution in [3.63, 3.8) is 0 Å². The molecule has 2 aromatic rings. The summed E-state index contributed by atoms with van der Waals surface area (Å²) in [5, 5.41) is 7.91. The number of nitrogens with one attached hydrogen (secondary N) is 1. The summed E-state index contributed by atoms with van der Waals surface area (Å²) in [6.07, 6.45) is 6.35. The van der Waals surface area contributed by atoms with Gasteiger partial charge < -0.3 is 11.1 Å². The maximum atomic E-state index is 12.9. The second-order valence-electron chi connectivity index (χ2n) is 6.25. The van der Waals surface area contributed by atoms with Crippen molar-refractivity contribution in [1.82, 2.24) is 9.13 Å². The number of imidazole rings is 1. The minimum absolute atomic E-state index is 0.114. The Labute approximate surface area is 148 Å². The van der Waals surface area contributed by atoms with E-state index in [0.717, 1.165) is 23.5 Å². The van der Waals surface area contributed by atoms with E-state index in [1.807, 2.05) is 24.3 Å². The second kappa shape index (κ2) is 7.38. The van der Waals surface area contributed by atoms with Crippen LogP contribution in [0.25, 0.3) is 11.8 Å². The van der Waals surface area contributed by atoms with Gasteiger partial charge in [-0.3, -0.25) is 9.13 Å². The van der Waals surface area contributed by atoms with E-state index < -0.39 is 0 Å². The molecule has 0 spiro atoms. The van der Waals surface area contributed by atoms with Crippen LogP contribution in [0.5, 0.6) is 0 Å². The number of hydrogen-bond acceptors (Lipinski definition) is 3. The Balaban J connectivity index is 2.84.